The molecule has 188 valence electrons. The van der Waals surface area contributed by atoms with E-state index in [1.54, 1.807) is 30.3 Å². The van der Waals surface area contributed by atoms with Gasteiger partial charge in [0.2, 0.25) is 0 Å². The van der Waals surface area contributed by atoms with E-state index in [0.29, 0.717) is 34.0 Å². The lowest BCUT2D eigenvalue weighted by Gasteiger charge is -2.21. The molecule has 0 aliphatic heterocycles. The number of hydrogen-bond donors (Lipinski definition) is 2. The van der Waals surface area contributed by atoms with Gasteiger partial charge in [-0.05, 0) is 92.5 Å². The van der Waals surface area contributed by atoms with Crippen molar-refractivity contribution >= 4 is 36.2 Å². The van der Waals surface area contributed by atoms with Crippen molar-refractivity contribution in [2.45, 2.75) is 55.2 Å². The van der Waals surface area contributed by atoms with Crippen molar-refractivity contribution in [1.29, 1.82) is 0 Å². The third-order valence-corrected chi connectivity index (χ3v) is 8.54. The van der Waals surface area contributed by atoms with Crippen LogP contribution in [0.2, 0.25) is 0 Å². The zero-order chi connectivity index (χ0) is 26.0. The lowest BCUT2D eigenvalue weighted by atomic mass is 9.87. The van der Waals surface area contributed by atoms with E-state index in [9.17, 15) is 30.3 Å². The summed E-state index contributed by atoms with van der Waals surface area (Å²) in [5.74, 6) is -0.721. The summed E-state index contributed by atoms with van der Waals surface area (Å²) in [6.07, 6.45) is 1.37. The van der Waals surface area contributed by atoms with Crippen LogP contribution in [0.1, 0.15) is 46.6 Å². The summed E-state index contributed by atoms with van der Waals surface area (Å²) < 4.78 is 81.6. The summed E-state index contributed by atoms with van der Waals surface area (Å²) in [5.41, 5.74) is 3.20. The molecule has 3 aromatic carbocycles. The molecule has 0 aromatic heterocycles. The number of aryl methyl sites for hydroxylation is 4. The molecule has 0 aliphatic rings. The zero-order valence-corrected chi connectivity index (χ0v) is 22.4. The molecule has 3 rings (SSSR count). The molecule has 0 saturated heterocycles. The van der Waals surface area contributed by atoms with E-state index < -0.39 is 26.1 Å². The van der Waals surface area contributed by atoms with Gasteiger partial charge in [-0.3, -0.25) is 9.11 Å². The maximum atomic E-state index is 14.1. The van der Waals surface area contributed by atoms with E-state index >= 15 is 0 Å². The van der Waals surface area contributed by atoms with Crippen LogP contribution in [-0.2, 0) is 33.1 Å². The van der Waals surface area contributed by atoms with E-state index in [4.69, 9.17) is 0 Å². The number of rotatable bonds is 9. The Bertz CT molecular complexity index is 1370. The van der Waals surface area contributed by atoms with E-state index in [1.165, 1.54) is 24.3 Å². The van der Waals surface area contributed by atoms with E-state index in [2.05, 4.69) is 15.9 Å². The molecule has 0 bridgehead atoms. The lowest BCUT2D eigenvalue weighted by molar-refractivity contribution is 0.480. The smallest absolute Gasteiger partial charge is 0.282 e. The van der Waals surface area contributed by atoms with Gasteiger partial charge in [0.1, 0.15) is 5.82 Å². The lowest BCUT2D eigenvalue weighted by Crippen LogP contribution is -2.09. The van der Waals surface area contributed by atoms with Gasteiger partial charge in [0.25, 0.3) is 20.2 Å². The van der Waals surface area contributed by atoms with Crippen molar-refractivity contribution in [1.82, 2.24) is 0 Å². The van der Waals surface area contributed by atoms with Crippen LogP contribution in [0.4, 0.5) is 4.39 Å². The SMILES string of the molecule is Cc1ccc(S(=O)(=O)O)c(CCC(CCc2cc(C)ccc2S(=O)(=O)O)c2cc(F)ccc2Br)c1. The predicted molar refractivity (Wildman–Crippen MR) is 135 cm³/mol. The monoisotopic (exact) mass is 584 g/mol. The molecule has 35 heavy (non-hydrogen) atoms. The molecule has 3 aromatic rings. The quantitative estimate of drug-likeness (QED) is 0.296. The molecule has 0 unspecified atom stereocenters. The highest BCUT2D eigenvalue weighted by Crippen LogP contribution is 2.34. The highest BCUT2D eigenvalue weighted by atomic mass is 79.9. The first kappa shape index (κ1) is 27.5. The Morgan fingerprint density at radius 2 is 1.23 bits per heavy atom. The Labute approximate surface area is 213 Å². The fourth-order valence-corrected chi connectivity index (χ4v) is 6.29. The molecule has 0 heterocycles. The summed E-state index contributed by atoms with van der Waals surface area (Å²) >= 11 is 3.46. The van der Waals surface area contributed by atoms with Crippen molar-refractivity contribution < 1.29 is 30.3 Å². The van der Waals surface area contributed by atoms with Gasteiger partial charge in [0.15, 0.2) is 0 Å². The number of benzene rings is 3. The van der Waals surface area contributed by atoms with Gasteiger partial charge in [-0.1, -0.05) is 51.3 Å². The van der Waals surface area contributed by atoms with Crippen LogP contribution in [0.5, 0.6) is 0 Å². The Balaban J connectivity index is 1.97. The van der Waals surface area contributed by atoms with E-state index in [1.807, 2.05) is 13.8 Å². The Kier molecular flexibility index (Phi) is 8.54. The average molecular weight is 586 g/mol. The third kappa shape index (κ3) is 7.20. The van der Waals surface area contributed by atoms with Crippen LogP contribution >= 0.6 is 15.9 Å². The first-order valence-electron chi connectivity index (χ1n) is 10.8. The Morgan fingerprint density at radius 1 is 0.771 bits per heavy atom. The Morgan fingerprint density at radius 3 is 1.66 bits per heavy atom. The minimum Gasteiger partial charge on any atom is -0.282 e. The summed E-state index contributed by atoms with van der Waals surface area (Å²) in [6.45, 7) is 3.62. The maximum absolute atomic E-state index is 14.1. The second kappa shape index (κ2) is 10.9. The van der Waals surface area contributed by atoms with Gasteiger partial charge in [0.05, 0.1) is 9.79 Å². The zero-order valence-electron chi connectivity index (χ0n) is 19.2. The molecule has 10 heteroatoms. The fourth-order valence-electron chi connectivity index (χ4n) is 4.25. The topological polar surface area (TPSA) is 109 Å². The molecule has 0 fully saturated rings. The summed E-state index contributed by atoms with van der Waals surface area (Å²) in [5, 5.41) is 0. The van der Waals surface area contributed by atoms with E-state index in [-0.39, 0.29) is 28.6 Å². The van der Waals surface area contributed by atoms with Crippen molar-refractivity contribution in [2.24, 2.45) is 0 Å². The largest absolute Gasteiger partial charge is 0.294 e. The van der Waals surface area contributed by atoms with Gasteiger partial charge in [-0.15, -0.1) is 0 Å². The minimum atomic E-state index is -4.42. The summed E-state index contributed by atoms with van der Waals surface area (Å²) in [6, 6.07) is 13.6. The molecule has 0 amide bonds. The second-order valence-corrected chi connectivity index (χ2v) is 12.2. The minimum absolute atomic E-state index is 0.174. The van der Waals surface area contributed by atoms with Crippen molar-refractivity contribution in [3.05, 3.63) is 92.7 Å². The Hall–Kier alpha value is -2.11. The van der Waals surface area contributed by atoms with Crippen LogP contribution in [0.15, 0.2) is 68.9 Å². The normalized spacial score (nSPS) is 12.3. The molecular weight excluding hydrogens is 559 g/mol. The molecule has 0 aliphatic carbocycles. The van der Waals surface area contributed by atoms with Gasteiger partial charge >= 0.3 is 0 Å². The molecule has 0 saturated carbocycles. The number of hydrogen-bond acceptors (Lipinski definition) is 4. The molecule has 2 N–H and O–H groups in total. The van der Waals surface area contributed by atoms with Crippen LogP contribution in [0.3, 0.4) is 0 Å². The summed E-state index contributed by atoms with van der Waals surface area (Å²) in [4.78, 5) is -0.347. The van der Waals surface area contributed by atoms with Gasteiger partial charge in [-0.25, -0.2) is 4.39 Å². The van der Waals surface area contributed by atoms with Crippen LogP contribution in [0.25, 0.3) is 0 Å². The van der Waals surface area contributed by atoms with Crippen molar-refractivity contribution in [3.8, 4) is 0 Å². The van der Waals surface area contributed by atoms with Crippen LogP contribution < -0.4 is 0 Å². The van der Waals surface area contributed by atoms with Crippen LogP contribution in [0, 0.1) is 19.7 Å². The summed E-state index contributed by atoms with van der Waals surface area (Å²) in [7, 11) is -8.85. The first-order chi connectivity index (χ1) is 16.3. The van der Waals surface area contributed by atoms with Gasteiger partial charge in [0, 0.05) is 4.47 Å². The molecule has 6 nitrogen and oxygen atoms in total. The fraction of sp³-hybridized carbons (Fsp3) is 0.280. The van der Waals surface area contributed by atoms with Gasteiger partial charge in [-0.2, -0.15) is 16.8 Å². The predicted octanol–water partition coefficient (Wildman–Crippen LogP) is 6.05. The molecule has 0 atom stereocenters. The van der Waals surface area contributed by atoms with Crippen LogP contribution in [-0.4, -0.2) is 25.9 Å². The van der Waals surface area contributed by atoms with E-state index in [0.717, 1.165) is 11.1 Å². The molecule has 0 spiro atoms. The molecule has 0 radical (unpaired) electrons. The average Bonchev–Trinajstić information content (AvgIpc) is 2.74. The third-order valence-electron chi connectivity index (χ3n) is 5.91. The number of halogens is 2. The van der Waals surface area contributed by atoms with Gasteiger partial charge < -0.3 is 0 Å². The highest BCUT2D eigenvalue weighted by molar-refractivity contribution is 9.10. The van der Waals surface area contributed by atoms with Crippen molar-refractivity contribution in [2.75, 3.05) is 0 Å². The molecular formula is C25H26BrFO6S2. The standard InChI is InChI=1S/C25H26BrFO6S2/c1-16-3-11-24(34(28,29)30)19(13-16)7-5-18(22-15-21(27)9-10-23(22)26)6-8-20-14-17(2)4-12-25(20)35(31,32)33/h3-4,9-15,18H,5-8H2,1-2H3,(H,28,29,30)(H,31,32,33). The first-order valence-corrected chi connectivity index (χ1v) is 14.5. The second-order valence-electron chi connectivity index (χ2n) is 8.61. The van der Waals surface area contributed by atoms with Crippen molar-refractivity contribution in [3.63, 3.8) is 0 Å². The maximum Gasteiger partial charge on any atom is 0.294 e. The highest BCUT2D eigenvalue weighted by Gasteiger charge is 2.22.